The third-order valence-corrected chi connectivity index (χ3v) is 7.75. The molecule has 0 aromatic heterocycles. The summed E-state index contributed by atoms with van der Waals surface area (Å²) in [5, 5.41) is 13.3. The van der Waals surface area contributed by atoms with Gasteiger partial charge in [-0.05, 0) is 52.9 Å². The maximum Gasteiger partial charge on any atom is 0.312 e. The third kappa shape index (κ3) is 3.63. The molecule has 3 aliphatic heterocycles. The zero-order chi connectivity index (χ0) is 24.1. The number of aliphatic hydroxyl groups excluding tert-OH is 1. The van der Waals surface area contributed by atoms with Crippen LogP contribution < -0.4 is 5.32 Å². The van der Waals surface area contributed by atoms with Crippen molar-refractivity contribution in [1.82, 2.24) is 10.2 Å². The fourth-order valence-electron chi connectivity index (χ4n) is 6.16. The number of esters is 1. The Labute approximate surface area is 191 Å². The molecule has 8 heteroatoms. The van der Waals surface area contributed by atoms with Crippen LogP contribution in [0.1, 0.15) is 74.1 Å². The van der Waals surface area contributed by atoms with Crippen molar-refractivity contribution < 1.29 is 29.0 Å². The second-order valence-electron chi connectivity index (χ2n) is 10.7. The summed E-state index contributed by atoms with van der Waals surface area (Å²) in [6.07, 6.45) is 2.41. The highest BCUT2D eigenvalue weighted by Crippen LogP contribution is 2.64. The lowest BCUT2D eigenvalue weighted by atomic mass is 9.65. The number of ether oxygens (including phenoxy) is 2. The van der Waals surface area contributed by atoms with Crippen molar-refractivity contribution in [3.05, 3.63) is 0 Å². The summed E-state index contributed by atoms with van der Waals surface area (Å²) in [5.74, 6) is -2.58. The lowest BCUT2D eigenvalue weighted by Gasteiger charge is -2.40. The number of rotatable bonds is 8. The van der Waals surface area contributed by atoms with Gasteiger partial charge in [-0.25, -0.2) is 0 Å². The summed E-state index contributed by atoms with van der Waals surface area (Å²) in [5.41, 5.74) is -2.41. The number of aliphatic hydroxyl groups is 1. The van der Waals surface area contributed by atoms with Crippen LogP contribution in [0.2, 0.25) is 0 Å². The number of fused-ring (bicyclic) bond motifs is 1. The fraction of sp³-hybridized carbons (Fsp3) is 0.875. The molecule has 3 saturated heterocycles. The molecule has 2 amide bonds. The monoisotopic (exact) mass is 452 g/mol. The molecule has 0 aromatic rings. The normalized spacial score (nSPS) is 35.6. The van der Waals surface area contributed by atoms with Crippen molar-refractivity contribution >= 4 is 17.8 Å². The Kier molecular flexibility index (Phi) is 6.71. The van der Waals surface area contributed by atoms with Crippen molar-refractivity contribution in [3.63, 3.8) is 0 Å². The van der Waals surface area contributed by atoms with Crippen LogP contribution in [0, 0.1) is 17.8 Å². The predicted molar refractivity (Wildman–Crippen MR) is 119 cm³/mol. The van der Waals surface area contributed by atoms with Crippen molar-refractivity contribution in [3.8, 4) is 0 Å². The van der Waals surface area contributed by atoms with Crippen LogP contribution in [0.5, 0.6) is 0 Å². The van der Waals surface area contributed by atoms with Gasteiger partial charge in [0, 0.05) is 5.54 Å². The van der Waals surface area contributed by atoms with E-state index in [1.807, 2.05) is 41.5 Å². The van der Waals surface area contributed by atoms with E-state index in [2.05, 4.69) is 5.32 Å². The number of nitrogens with one attached hydrogen (secondary N) is 1. The summed E-state index contributed by atoms with van der Waals surface area (Å²) in [6, 6.07) is -1.44. The molecule has 3 rings (SSSR count). The molecule has 182 valence electrons. The second-order valence-corrected chi connectivity index (χ2v) is 10.7. The first-order chi connectivity index (χ1) is 14.9. The van der Waals surface area contributed by atoms with Crippen LogP contribution >= 0.6 is 0 Å². The Balaban J connectivity index is 2.15. The summed E-state index contributed by atoms with van der Waals surface area (Å²) in [4.78, 5) is 42.3. The van der Waals surface area contributed by atoms with Crippen LogP contribution in [0.4, 0.5) is 0 Å². The molecule has 0 saturated carbocycles. The number of nitrogens with zero attached hydrogens (tertiary/aromatic N) is 1. The average Bonchev–Trinajstić information content (AvgIpc) is 3.31. The van der Waals surface area contributed by atoms with E-state index in [9.17, 15) is 19.5 Å². The van der Waals surface area contributed by atoms with Gasteiger partial charge in [0.25, 0.3) is 0 Å². The molecule has 8 nitrogen and oxygen atoms in total. The van der Waals surface area contributed by atoms with E-state index >= 15 is 0 Å². The van der Waals surface area contributed by atoms with E-state index in [4.69, 9.17) is 9.47 Å². The minimum absolute atomic E-state index is 0.0255. The Morgan fingerprint density at radius 1 is 1.28 bits per heavy atom. The molecule has 2 unspecified atom stereocenters. The quantitative estimate of drug-likeness (QED) is 0.546. The highest BCUT2D eigenvalue weighted by Gasteiger charge is 2.79. The van der Waals surface area contributed by atoms with Gasteiger partial charge in [-0.3, -0.25) is 14.4 Å². The van der Waals surface area contributed by atoms with Crippen LogP contribution in [-0.2, 0) is 23.9 Å². The molecule has 3 heterocycles. The van der Waals surface area contributed by atoms with Gasteiger partial charge in [0.2, 0.25) is 11.8 Å². The van der Waals surface area contributed by atoms with Crippen molar-refractivity contribution in [2.45, 2.75) is 103 Å². The Bertz CT molecular complexity index is 764. The van der Waals surface area contributed by atoms with Crippen LogP contribution in [0.25, 0.3) is 0 Å². The smallest absolute Gasteiger partial charge is 0.312 e. The molecule has 2 N–H and O–H groups in total. The van der Waals surface area contributed by atoms with E-state index in [-0.39, 0.29) is 30.9 Å². The number of hydrogen-bond acceptors (Lipinski definition) is 6. The van der Waals surface area contributed by atoms with Gasteiger partial charge in [-0.2, -0.15) is 0 Å². The first-order valence-corrected chi connectivity index (χ1v) is 12.0. The number of hydrogen-bond donors (Lipinski definition) is 2. The van der Waals surface area contributed by atoms with Gasteiger partial charge in [0.1, 0.15) is 17.6 Å². The number of carbonyl (C=O) groups is 3. The first kappa shape index (κ1) is 25.0. The molecular weight excluding hydrogens is 412 g/mol. The molecule has 1 spiro atoms. The summed E-state index contributed by atoms with van der Waals surface area (Å²) in [7, 11) is 0. The van der Waals surface area contributed by atoms with E-state index in [0.29, 0.717) is 19.3 Å². The van der Waals surface area contributed by atoms with Gasteiger partial charge < -0.3 is 24.8 Å². The molecule has 0 aliphatic carbocycles. The minimum Gasteiger partial charge on any atom is -0.466 e. The standard InChI is InChI=1S/C24H40N2O6/c1-8-14(4)15(13-27)26-18(19(28)25-22(5,6)7)24-12-11-23(9-2,32-24)17(16(24)20(26)29)21(30)31-10-3/h14-18,27H,8-13H2,1-7H3,(H,25,28)/t14-,15-,16-,17+,18?,23-,24?/m0/s1. The Hall–Kier alpha value is -1.67. The predicted octanol–water partition coefficient (Wildman–Crippen LogP) is 2.03. The van der Waals surface area contributed by atoms with Gasteiger partial charge >= 0.3 is 5.97 Å². The third-order valence-electron chi connectivity index (χ3n) is 7.75. The van der Waals surface area contributed by atoms with E-state index in [0.717, 1.165) is 6.42 Å². The zero-order valence-electron chi connectivity index (χ0n) is 20.6. The summed E-state index contributed by atoms with van der Waals surface area (Å²) in [6.45, 7) is 13.3. The van der Waals surface area contributed by atoms with Gasteiger partial charge in [-0.15, -0.1) is 0 Å². The molecule has 32 heavy (non-hydrogen) atoms. The zero-order valence-corrected chi connectivity index (χ0v) is 20.6. The summed E-state index contributed by atoms with van der Waals surface area (Å²) >= 11 is 0. The topological polar surface area (TPSA) is 105 Å². The highest BCUT2D eigenvalue weighted by molar-refractivity contribution is 5.99. The summed E-state index contributed by atoms with van der Waals surface area (Å²) < 4.78 is 12.0. The lowest BCUT2D eigenvalue weighted by Crippen LogP contribution is -2.61. The van der Waals surface area contributed by atoms with Crippen molar-refractivity contribution in [1.29, 1.82) is 0 Å². The molecule has 0 aromatic carbocycles. The van der Waals surface area contributed by atoms with E-state index in [1.54, 1.807) is 6.92 Å². The molecule has 7 atom stereocenters. The second kappa shape index (κ2) is 8.60. The molecule has 0 radical (unpaired) electrons. The number of amides is 2. The Morgan fingerprint density at radius 3 is 2.44 bits per heavy atom. The van der Waals surface area contributed by atoms with Crippen molar-refractivity contribution in [2.24, 2.45) is 17.8 Å². The maximum atomic E-state index is 14.0. The molecule has 3 fully saturated rings. The fourth-order valence-corrected chi connectivity index (χ4v) is 6.16. The first-order valence-electron chi connectivity index (χ1n) is 12.0. The number of likely N-dealkylation sites (tertiary alicyclic amines) is 1. The molecule has 3 aliphatic rings. The largest absolute Gasteiger partial charge is 0.466 e. The SMILES string of the molecule is CCOC(=O)[C@H]1[C@H]2C(=O)N([C@@H](CO)[C@@H](C)CC)C(C(=O)NC(C)(C)C)C23CC[C@]1(CC)O3. The number of carbonyl (C=O) groups excluding carboxylic acids is 3. The molecule has 2 bridgehead atoms. The van der Waals surface area contributed by atoms with Gasteiger partial charge in [0.15, 0.2) is 0 Å². The van der Waals surface area contributed by atoms with Gasteiger partial charge in [-0.1, -0.05) is 27.2 Å². The Morgan fingerprint density at radius 2 is 1.94 bits per heavy atom. The van der Waals surface area contributed by atoms with Crippen LogP contribution in [-0.4, -0.2) is 69.8 Å². The minimum atomic E-state index is -1.10. The highest BCUT2D eigenvalue weighted by atomic mass is 16.6. The van der Waals surface area contributed by atoms with Crippen LogP contribution in [0.15, 0.2) is 0 Å². The van der Waals surface area contributed by atoms with Crippen molar-refractivity contribution in [2.75, 3.05) is 13.2 Å². The van der Waals surface area contributed by atoms with Crippen LogP contribution in [0.3, 0.4) is 0 Å². The van der Waals surface area contributed by atoms with Gasteiger partial charge in [0.05, 0.1) is 30.8 Å². The molecular formula is C24H40N2O6. The van der Waals surface area contributed by atoms with E-state index < -0.39 is 46.6 Å². The van der Waals surface area contributed by atoms with E-state index in [1.165, 1.54) is 4.90 Å². The average molecular weight is 453 g/mol. The maximum absolute atomic E-state index is 14.0. The lowest BCUT2D eigenvalue weighted by molar-refractivity contribution is -0.162.